The molecule has 16 heteroatoms. The van der Waals surface area contributed by atoms with E-state index in [0.29, 0.717) is 6.07 Å². The third-order valence-corrected chi connectivity index (χ3v) is 5.94. The Morgan fingerprint density at radius 2 is 1.83 bits per heavy atom. The van der Waals surface area contributed by atoms with Crippen molar-refractivity contribution in [2.75, 3.05) is 0 Å². The van der Waals surface area contributed by atoms with E-state index in [0.717, 1.165) is 28.7 Å². The van der Waals surface area contributed by atoms with Gasteiger partial charge in [0.2, 0.25) is 0 Å². The number of imidazole rings is 1. The Morgan fingerprint density at radius 1 is 1.11 bits per heavy atom. The third-order valence-electron chi connectivity index (χ3n) is 5.09. The monoisotopic (exact) mass is 497 g/mol. The average Bonchev–Trinajstić information content (AvgIpc) is 3.17. The Bertz CT molecular complexity index is 1830. The molecule has 15 nitrogen and oxygen atoms in total. The van der Waals surface area contributed by atoms with Crippen molar-refractivity contribution in [1.29, 1.82) is 5.26 Å². The number of hydrogen-bond acceptors (Lipinski definition) is 10. The van der Waals surface area contributed by atoms with E-state index in [2.05, 4.69) is 15.2 Å². The number of rotatable bonds is 5. The molecule has 2 heterocycles. The first-order chi connectivity index (χ1) is 16.4. The van der Waals surface area contributed by atoms with Crippen molar-refractivity contribution < 1.29 is 22.8 Å². The molecule has 0 aliphatic carbocycles. The van der Waals surface area contributed by atoms with E-state index in [1.807, 2.05) is 6.07 Å². The molecule has 176 valence electrons. The number of nitrogens with one attached hydrogen (secondary N) is 1. The summed E-state index contributed by atoms with van der Waals surface area (Å²) in [6, 6.07) is 7.97. The van der Waals surface area contributed by atoms with Gasteiger partial charge in [-0.3, -0.25) is 34.0 Å². The fourth-order valence-corrected chi connectivity index (χ4v) is 3.94. The summed E-state index contributed by atoms with van der Waals surface area (Å²) < 4.78 is 33.2. The van der Waals surface area contributed by atoms with Gasteiger partial charge in [-0.15, -0.1) is 10.2 Å². The number of pyridine rings is 1. The zero-order chi connectivity index (χ0) is 25.7. The molecular weight excluding hydrogens is 486 g/mol. The fraction of sp³-hybridized carbons (Fsp3) is 0.0526. The number of benzene rings is 2. The molecule has 2 N–H and O–H groups in total. The van der Waals surface area contributed by atoms with Crippen molar-refractivity contribution >= 4 is 49.5 Å². The molecule has 0 bridgehead atoms. The molecule has 2 aromatic carbocycles. The molecule has 0 atom stereocenters. The first-order valence-corrected chi connectivity index (χ1v) is 10.8. The summed E-state index contributed by atoms with van der Waals surface area (Å²) in [5.74, 6) is 0. The number of aromatic nitrogens is 2. The minimum Gasteiger partial charge on any atom is -0.338 e. The summed E-state index contributed by atoms with van der Waals surface area (Å²) in [4.78, 5) is 36.1. The van der Waals surface area contributed by atoms with E-state index in [4.69, 9.17) is 0 Å². The van der Waals surface area contributed by atoms with Gasteiger partial charge in [-0.25, -0.2) is 0 Å². The third kappa shape index (κ3) is 3.86. The highest BCUT2D eigenvalue weighted by Gasteiger charge is 2.22. The number of nitriles is 1. The number of nitro benzene ring substituents is 2. The Labute approximate surface area is 193 Å². The second-order valence-electron chi connectivity index (χ2n) is 7.12. The molecule has 0 radical (unpaired) electrons. The molecule has 2 aromatic heterocycles. The van der Waals surface area contributed by atoms with Crippen LogP contribution in [0.25, 0.3) is 16.7 Å². The Kier molecular flexibility index (Phi) is 5.35. The molecule has 35 heavy (non-hydrogen) atoms. The molecule has 0 unspecified atom stereocenters. The van der Waals surface area contributed by atoms with Gasteiger partial charge in [0.15, 0.2) is 11.4 Å². The zero-order valence-electron chi connectivity index (χ0n) is 17.4. The molecule has 4 aromatic rings. The van der Waals surface area contributed by atoms with Crippen LogP contribution < -0.4 is 5.56 Å². The van der Waals surface area contributed by atoms with Crippen LogP contribution in [0.5, 0.6) is 0 Å². The largest absolute Gasteiger partial charge is 0.338 e. The fourth-order valence-electron chi connectivity index (χ4n) is 3.44. The highest BCUT2D eigenvalue weighted by molar-refractivity contribution is 7.85. The van der Waals surface area contributed by atoms with Crippen LogP contribution in [-0.4, -0.2) is 32.2 Å². The van der Waals surface area contributed by atoms with Crippen LogP contribution in [0.4, 0.5) is 22.7 Å². The minimum absolute atomic E-state index is 0.0257. The van der Waals surface area contributed by atoms with E-state index in [9.17, 15) is 43.3 Å². The summed E-state index contributed by atoms with van der Waals surface area (Å²) in [7, 11) is -4.54. The molecular formula is C19H11N7O8S. The molecule has 0 saturated carbocycles. The highest BCUT2D eigenvalue weighted by Crippen LogP contribution is 2.33. The smallest absolute Gasteiger partial charge is 0.303 e. The Morgan fingerprint density at radius 3 is 2.43 bits per heavy atom. The lowest BCUT2D eigenvalue weighted by molar-refractivity contribution is -0.393. The maximum absolute atomic E-state index is 13.2. The predicted molar refractivity (Wildman–Crippen MR) is 119 cm³/mol. The Hall–Kier alpha value is -5.01. The summed E-state index contributed by atoms with van der Waals surface area (Å²) in [5.41, 5.74) is -2.40. The van der Waals surface area contributed by atoms with Crippen LogP contribution in [0, 0.1) is 38.5 Å². The van der Waals surface area contributed by atoms with E-state index in [-0.39, 0.29) is 39.2 Å². The summed E-state index contributed by atoms with van der Waals surface area (Å²) in [5, 5.41) is 39.5. The number of azo groups is 1. The van der Waals surface area contributed by atoms with Crippen LogP contribution in [0.1, 0.15) is 11.1 Å². The van der Waals surface area contributed by atoms with Gasteiger partial charge >= 0.3 is 5.69 Å². The van der Waals surface area contributed by atoms with Crippen molar-refractivity contribution in [2.24, 2.45) is 10.2 Å². The van der Waals surface area contributed by atoms with E-state index in [1.54, 1.807) is 0 Å². The van der Waals surface area contributed by atoms with Gasteiger partial charge in [0.25, 0.3) is 21.4 Å². The van der Waals surface area contributed by atoms with Crippen LogP contribution >= 0.6 is 0 Å². The summed E-state index contributed by atoms with van der Waals surface area (Å²) >= 11 is 0. The minimum atomic E-state index is -4.54. The molecule has 4 rings (SSSR count). The van der Waals surface area contributed by atoms with Crippen molar-refractivity contribution in [3.8, 4) is 6.07 Å². The molecule has 0 amide bonds. The number of H-pyrrole nitrogens is 1. The van der Waals surface area contributed by atoms with Crippen molar-refractivity contribution in [3.63, 3.8) is 0 Å². The topological polar surface area (TPSA) is 226 Å². The van der Waals surface area contributed by atoms with E-state index in [1.165, 1.54) is 13.0 Å². The number of aromatic amines is 1. The summed E-state index contributed by atoms with van der Waals surface area (Å²) in [6.07, 6.45) is 0. The zero-order valence-corrected chi connectivity index (χ0v) is 18.2. The molecule has 0 saturated heterocycles. The standard InChI is InChI=1S/C19H11N7O8S/c1-9-12(8-20)18-21-14-7-11(35(32,33)34)3-5-15(14)24(18)19(27)17(9)23-22-13-4-2-10(25(28)29)6-16(13)26(30)31/h2-7,21H,1H3,(H,32,33,34). The van der Waals surface area contributed by atoms with Crippen molar-refractivity contribution in [2.45, 2.75) is 11.8 Å². The lowest BCUT2D eigenvalue weighted by atomic mass is 10.1. The van der Waals surface area contributed by atoms with Gasteiger partial charge in [-0.05, 0) is 31.2 Å². The van der Waals surface area contributed by atoms with Crippen LogP contribution in [-0.2, 0) is 10.1 Å². The lowest BCUT2D eigenvalue weighted by Crippen LogP contribution is -2.15. The molecule has 0 aliphatic heterocycles. The van der Waals surface area contributed by atoms with Crippen molar-refractivity contribution in [1.82, 2.24) is 9.38 Å². The quantitative estimate of drug-likeness (QED) is 0.178. The van der Waals surface area contributed by atoms with Crippen LogP contribution in [0.3, 0.4) is 0 Å². The lowest BCUT2D eigenvalue weighted by Gasteiger charge is -2.04. The first kappa shape index (κ1) is 23.2. The van der Waals surface area contributed by atoms with Crippen molar-refractivity contribution in [3.05, 3.63) is 78.1 Å². The highest BCUT2D eigenvalue weighted by atomic mass is 32.2. The number of non-ortho nitro benzene ring substituents is 1. The summed E-state index contributed by atoms with van der Waals surface area (Å²) in [6.45, 7) is 1.40. The van der Waals surface area contributed by atoms with E-state index < -0.39 is 41.8 Å². The molecule has 0 spiro atoms. The average molecular weight is 497 g/mol. The maximum Gasteiger partial charge on any atom is 0.303 e. The molecule has 0 fully saturated rings. The second kappa shape index (κ2) is 8.09. The first-order valence-electron chi connectivity index (χ1n) is 9.37. The van der Waals surface area contributed by atoms with Crippen LogP contribution in [0.2, 0.25) is 0 Å². The SMILES string of the molecule is Cc1c(N=Nc2ccc([N+](=O)[O-])cc2[N+](=O)[O-])c(=O)n2c([nH]c3cc(S(=O)(=O)O)ccc32)c1C#N. The van der Waals surface area contributed by atoms with Gasteiger partial charge in [0.1, 0.15) is 11.7 Å². The second-order valence-corrected chi connectivity index (χ2v) is 8.54. The van der Waals surface area contributed by atoms with Crippen LogP contribution in [0.15, 0.2) is 56.3 Å². The molecule has 0 aliphatic rings. The maximum atomic E-state index is 13.2. The number of nitro groups is 2. The van der Waals surface area contributed by atoms with Gasteiger partial charge < -0.3 is 4.98 Å². The van der Waals surface area contributed by atoms with Gasteiger partial charge in [-0.2, -0.15) is 13.7 Å². The van der Waals surface area contributed by atoms with Gasteiger partial charge in [-0.1, -0.05) is 0 Å². The van der Waals surface area contributed by atoms with E-state index >= 15 is 0 Å². The normalized spacial score (nSPS) is 11.8. The number of nitrogens with zero attached hydrogens (tertiary/aromatic N) is 6. The predicted octanol–water partition coefficient (Wildman–Crippen LogP) is 3.44. The van der Waals surface area contributed by atoms with Gasteiger partial charge in [0, 0.05) is 11.6 Å². The van der Waals surface area contributed by atoms with Gasteiger partial charge in [0.05, 0.1) is 37.4 Å². The Balaban J connectivity index is 1.97. The number of fused-ring (bicyclic) bond motifs is 3. The number of hydrogen-bond donors (Lipinski definition) is 2.